The smallest absolute Gasteiger partial charge is 0.164 e. The van der Waals surface area contributed by atoms with E-state index in [9.17, 15) is 0 Å². The largest absolute Gasteiger partial charge is 0.382 e. The van der Waals surface area contributed by atoms with Crippen LogP contribution >= 0.6 is 0 Å². The summed E-state index contributed by atoms with van der Waals surface area (Å²) in [4.78, 5) is 15.2. The van der Waals surface area contributed by atoms with Crippen LogP contribution in [-0.4, -0.2) is 72.2 Å². The van der Waals surface area contributed by atoms with Crippen molar-refractivity contribution >= 4 is 22.4 Å². The first kappa shape index (κ1) is 29.6. The van der Waals surface area contributed by atoms with Gasteiger partial charge in [0.1, 0.15) is 42.1 Å². The number of ether oxygens (including phenoxy) is 3. The minimum absolute atomic E-state index is 0.119. The first-order valence-corrected chi connectivity index (χ1v) is 16.2. The van der Waals surface area contributed by atoms with E-state index in [1.54, 1.807) is 0 Å². The molecule has 0 amide bonds. The Hall–Kier alpha value is -3.05. The van der Waals surface area contributed by atoms with Crippen LogP contribution in [0.5, 0.6) is 0 Å². The Bertz CT molecular complexity index is 1650. The second-order valence-electron chi connectivity index (χ2n) is 14.8. The highest BCUT2D eigenvalue weighted by atomic mass is 16.8. The van der Waals surface area contributed by atoms with Gasteiger partial charge in [-0.1, -0.05) is 26.8 Å². The van der Waals surface area contributed by atoms with Crippen molar-refractivity contribution in [1.29, 1.82) is 0 Å². The lowest BCUT2D eigenvalue weighted by Gasteiger charge is -2.46. The molecular weight excluding hydrogens is 554 g/mol. The number of nitrogens with zero attached hydrogens (tertiary/aromatic N) is 5. The zero-order valence-corrected chi connectivity index (χ0v) is 27.1. The molecular formula is C34H47N7O3. The van der Waals surface area contributed by atoms with E-state index in [1.807, 2.05) is 30.5 Å². The molecule has 4 atom stereocenters. The van der Waals surface area contributed by atoms with Gasteiger partial charge in [0.25, 0.3) is 0 Å². The van der Waals surface area contributed by atoms with E-state index >= 15 is 0 Å². The van der Waals surface area contributed by atoms with E-state index in [0.29, 0.717) is 23.8 Å². The van der Waals surface area contributed by atoms with Crippen molar-refractivity contribution in [3.8, 4) is 0 Å². The summed E-state index contributed by atoms with van der Waals surface area (Å²) in [5.41, 5.74) is 11.5. The highest BCUT2D eigenvalue weighted by molar-refractivity contribution is 5.76. The molecule has 4 unspecified atom stereocenters. The first-order valence-electron chi connectivity index (χ1n) is 16.2. The second-order valence-corrected chi connectivity index (χ2v) is 14.8. The van der Waals surface area contributed by atoms with E-state index in [2.05, 4.69) is 72.8 Å². The number of hydrogen-bond donors (Lipinski definition) is 2. The predicted molar refractivity (Wildman–Crippen MR) is 170 cm³/mol. The lowest BCUT2D eigenvalue weighted by molar-refractivity contribution is -0.191. The highest BCUT2D eigenvalue weighted by Crippen LogP contribution is 2.46. The molecule has 3 aliphatic rings. The van der Waals surface area contributed by atoms with Crippen molar-refractivity contribution in [1.82, 2.24) is 29.5 Å². The maximum atomic E-state index is 6.78. The van der Waals surface area contributed by atoms with Crippen molar-refractivity contribution in [2.75, 3.05) is 12.3 Å². The van der Waals surface area contributed by atoms with Gasteiger partial charge in [-0.2, -0.15) is 5.10 Å². The van der Waals surface area contributed by atoms with Crippen molar-refractivity contribution < 1.29 is 14.2 Å². The minimum atomic E-state index is -0.675. The van der Waals surface area contributed by atoms with Gasteiger partial charge in [-0.05, 0) is 88.1 Å². The Balaban J connectivity index is 1.00. The van der Waals surface area contributed by atoms with Gasteiger partial charge in [0.2, 0.25) is 0 Å². The lowest BCUT2D eigenvalue weighted by atomic mass is 9.76. The summed E-state index contributed by atoms with van der Waals surface area (Å²) in [7, 11) is 0. The molecule has 1 aliphatic carbocycles. The number of nitrogen functional groups attached to an aromatic ring is 1. The van der Waals surface area contributed by atoms with Crippen LogP contribution in [0, 0.1) is 5.92 Å². The van der Waals surface area contributed by atoms with Gasteiger partial charge in [0, 0.05) is 25.0 Å². The number of fused-ring (bicyclic) bond motifs is 3. The van der Waals surface area contributed by atoms with Gasteiger partial charge in [-0.25, -0.2) is 14.5 Å². The summed E-state index contributed by atoms with van der Waals surface area (Å²) < 4.78 is 21.5. The monoisotopic (exact) mass is 601 g/mol. The van der Waals surface area contributed by atoms with E-state index in [1.165, 1.54) is 24.7 Å². The fraction of sp³-hybridized carbons (Fsp3) is 0.618. The number of benzene rings is 1. The molecule has 5 heterocycles. The number of nitrogens with two attached hydrogens (primary N) is 1. The number of rotatable bonds is 8. The van der Waals surface area contributed by atoms with Gasteiger partial charge in [0.15, 0.2) is 11.6 Å². The third-order valence-corrected chi connectivity index (χ3v) is 9.87. The van der Waals surface area contributed by atoms with E-state index < -0.39 is 5.79 Å². The van der Waals surface area contributed by atoms with Crippen LogP contribution in [-0.2, 0) is 26.0 Å². The molecule has 1 aromatic carbocycles. The van der Waals surface area contributed by atoms with Crippen LogP contribution in [0.4, 0.5) is 5.82 Å². The standard InChI is InChI=1S/C34H47N7O3/c1-19(2)40(22-14-20(15-22)8-13-28-38-23-10-9-21(33(3,4)5)16-24(23)39-28)17-27-30-31(44-34(6,7)43-30)29(42-27)25-11-12-26-32(35)36-18-37-41(25)26/h9-12,16,18-20,22,27,29-31H,8,13-15,17H2,1-7H3,(H,38,39)(H2,35,36,37). The van der Waals surface area contributed by atoms with Crippen molar-refractivity contribution in [2.45, 2.75) is 122 Å². The van der Waals surface area contributed by atoms with Gasteiger partial charge in [-0.3, -0.25) is 4.90 Å². The zero-order chi connectivity index (χ0) is 31.0. The third kappa shape index (κ3) is 5.40. The average molecular weight is 602 g/mol. The number of aryl methyl sites for hydroxylation is 1. The first-order chi connectivity index (χ1) is 20.9. The number of imidazole rings is 1. The number of H-pyrrole nitrogens is 1. The van der Waals surface area contributed by atoms with Crippen LogP contribution in [0.15, 0.2) is 36.7 Å². The fourth-order valence-electron chi connectivity index (χ4n) is 7.44. The SMILES string of the molecule is CC(C)N(CC1OC(c2ccc3c(N)ncnn23)C2OC(C)(C)OC12)C1CC(CCc2nc3ccc(C(C)(C)C)cc3[nH]2)C1. The molecule has 3 N–H and O–H groups in total. The summed E-state index contributed by atoms with van der Waals surface area (Å²) in [5.74, 6) is 1.57. The maximum absolute atomic E-state index is 6.78. The lowest BCUT2D eigenvalue weighted by Crippen LogP contribution is -2.52. The molecule has 10 nitrogen and oxygen atoms in total. The van der Waals surface area contributed by atoms with Gasteiger partial charge >= 0.3 is 0 Å². The molecule has 3 aromatic heterocycles. The van der Waals surface area contributed by atoms with Crippen molar-refractivity contribution in [3.05, 3.63) is 53.7 Å². The number of aromatic nitrogens is 5. The Morgan fingerprint density at radius 3 is 2.64 bits per heavy atom. The van der Waals surface area contributed by atoms with Crippen LogP contribution < -0.4 is 5.73 Å². The number of hydrogen-bond acceptors (Lipinski definition) is 8. The Kier molecular flexibility index (Phi) is 7.27. The van der Waals surface area contributed by atoms with Crippen LogP contribution in [0.25, 0.3) is 16.6 Å². The van der Waals surface area contributed by atoms with E-state index in [-0.39, 0.29) is 29.8 Å². The summed E-state index contributed by atoms with van der Waals surface area (Å²) in [6, 6.07) is 11.5. The highest BCUT2D eigenvalue weighted by Gasteiger charge is 2.57. The summed E-state index contributed by atoms with van der Waals surface area (Å²) in [5, 5.41) is 4.47. The molecule has 0 bridgehead atoms. The molecule has 10 heteroatoms. The summed E-state index contributed by atoms with van der Waals surface area (Å²) in [6.07, 6.45) is 5.18. The van der Waals surface area contributed by atoms with Crippen molar-refractivity contribution in [2.24, 2.45) is 5.92 Å². The fourth-order valence-corrected chi connectivity index (χ4v) is 7.44. The second kappa shape index (κ2) is 10.8. The van der Waals surface area contributed by atoms with E-state index in [4.69, 9.17) is 24.9 Å². The topological polar surface area (TPSA) is 116 Å². The number of anilines is 1. The quantitative estimate of drug-likeness (QED) is 0.270. The molecule has 0 radical (unpaired) electrons. The van der Waals surface area contributed by atoms with E-state index in [0.717, 1.165) is 47.5 Å². The van der Waals surface area contributed by atoms with Crippen LogP contribution in [0.2, 0.25) is 0 Å². The number of nitrogens with one attached hydrogen (secondary N) is 1. The molecule has 3 fully saturated rings. The molecule has 4 aromatic rings. The molecule has 44 heavy (non-hydrogen) atoms. The zero-order valence-electron chi connectivity index (χ0n) is 27.1. The summed E-state index contributed by atoms with van der Waals surface area (Å²) in [6.45, 7) is 16.1. The Morgan fingerprint density at radius 2 is 1.89 bits per heavy atom. The molecule has 0 spiro atoms. The summed E-state index contributed by atoms with van der Waals surface area (Å²) >= 11 is 0. The maximum Gasteiger partial charge on any atom is 0.164 e. The molecule has 236 valence electrons. The van der Waals surface area contributed by atoms with Gasteiger partial charge in [0.05, 0.1) is 16.7 Å². The van der Waals surface area contributed by atoms with Gasteiger partial charge in [-0.15, -0.1) is 0 Å². The normalized spacial score (nSPS) is 28.4. The average Bonchev–Trinajstić information content (AvgIpc) is 3.68. The third-order valence-electron chi connectivity index (χ3n) is 9.87. The Morgan fingerprint density at radius 1 is 1.11 bits per heavy atom. The van der Waals surface area contributed by atoms with Crippen LogP contribution in [0.1, 0.15) is 90.9 Å². The van der Waals surface area contributed by atoms with Gasteiger partial charge < -0.3 is 24.9 Å². The molecule has 2 aliphatic heterocycles. The predicted octanol–water partition coefficient (Wildman–Crippen LogP) is 5.57. The molecule has 1 saturated carbocycles. The minimum Gasteiger partial charge on any atom is -0.382 e. The van der Waals surface area contributed by atoms with Crippen molar-refractivity contribution in [3.63, 3.8) is 0 Å². The molecule has 2 saturated heterocycles. The Labute approximate surface area is 259 Å². The van der Waals surface area contributed by atoms with Crippen LogP contribution in [0.3, 0.4) is 0 Å². The molecule has 7 rings (SSSR count). The number of aromatic amines is 1.